The maximum absolute atomic E-state index is 13.6. The molecule has 0 radical (unpaired) electrons. The molecule has 4 aliphatic carbocycles. The van der Waals surface area contributed by atoms with Crippen LogP contribution in [0.3, 0.4) is 0 Å². The number of hydrogen-bond acceptors (Lipinski definition) is 4. The molecule has 0 saturated carbocycles. The SMILES string of the molecule is O=C1c2ccc3c4ccc5c6c(cc([N+](=O)[O-])c(c7ccc(c2c37)=C2C=CC=CC12)c64)=C1C=CC=CC1C5=O. The number of Topliss-reactive ketones (excluding diaryl/α,β-unsaturated/α-hetero) is 2. The zero-order valence-electron chi connectivity index (χ0n) is 20.4. The van der Waals surface area contributed by atoms with Crippen LogP contribution in [0.4, 0.5) is 5.69 Å². The van der Waals surface area contributed by atoms with Gasteiger partial charge in [0.15, 0.2) is 11.6 Å². The van der Waals surface area contributed by atoms with E-state index < -0.39 is 5.92 Å². The van der Waals surface area contributed by atoms with E-state index in [9.17, 15) is 19.7 Å². The van der Waals surface area contributed by atoms with Gasteiger partial charge in [-0.3, -0.25) is 19.7 Å². The van der Waals surface area contributed by atoms with Crippen molar-refractivity contribution in [3.05, 3.63) is 123 Å². The summed E-state index contributed by atoms with van der Waals surface area (Å²) in [7, 11) is 0. The molecule has 0 amide bonds. The Balaban J connectivity index is 1.61. The van der Waals surface area contributed by atoms with E-state index in [0.717, 1.165) is 59.3 Å². The van der Waals surface area contributed by atoms with E-state index in [1.807, 2.05) is 85.0 Å². The molecule has 9 rings (SSSR count). The van der Waals surface area contributed by atoms with Crippen LogP contribution in [0.2, 0.25) is 0 Å². The van der Waals surface area contributed by atoms with Gasteiger partial charge in [-0.15, -0.1) is 0 Å². The van der Waals surface area contributed by atoms with E-state index in [4.69, 9.17) is 0 Å². The average Bonchev–Trinajstić information content (AvgIpc) is 2.97. The zero-order valence-corrected chi connectivity index (χ0v) is 20.4. The summed E-state index contributed by atoms with van der Waals surface area (Å²) >= 11 is 0. The molecule has 2 unspecified atom stereocenters. The first-order chi connectivity index (χ1) is 19.0. The summed E-state index contributed by atoms with van der Waals surface area (Å²) in [4.78, 5) is 39.6. The van der Waals surface area contributed by atoms with E-state index >= 15 is 0 Å². The number of carbonyl (C=O) groups excluding carboxylic acids is 2. The molecule has 182 valence electrons. The van der Waals surface area contributed by atoms with Gasteiger partial charge in [-0.05, 0) is 43.1 Å². The highest BCUT2D eigenvalue weighted by Crippen LogP contribution is 2.46. The molecule has 0 saturated heterocycles. The molecule has 5 nitrogen and oxygen atoms in total. The molecule has 0 heterocycles. The van der Waals surface area contributed by atoms with E-state index in [-0.39, 0.29) is 28.1 Å². The van der Waals surface area contributed by atoms with Crippen LogP contribution < -0.4 is 10.4 Å². The minimum atomic E-state index is -0.447. The molecule has 0 bridgehead atoms. The first-order valence-corrected chi connectivity index (χ1v) is 13.0. The Hall–Kier alpha value is -5.16. The third-order valence-corrected chi connectivity index (χ3v) is 8.95. The Kier molecular flexibility index (Phi) is 3.65. The summed E-state index contributed by atoms with van der Waals surface area (Å²) in [5.74, 6) is -0.729. The number of nitro groups is 1. The molecule has 39 heavy (non-hydrogen) atoms. The zero-order chi connectivity index (χ0) is 26.2. The Bertz CT molecular complexity index is 2350. The van der Waals surface area contributed by atoms with Crippen LogP contribution in [0.15, 0.2) is 91.1 Å². The lowest BCUT2D eigenvalue weighted by Crippen LogP contribution is -2.28. The third-order valence-electron chi connectivity index (χ3n) is 8.95. The fourth-order valence-corrected chi connectivity index (χ4v) is 7.39. The van der Waals surface area contributed by atoms with Crippen LogP contribution in [-0.4, -0.2) is 16.5 Å². The molecule has 5 aromatic rings. The third kappa shape index (κ3) is 2.33. The standard InChI is InChI=1S/C34H17NO4/c36-33-21-7-3-1-5-16(21)18-9-12-23-28-19(10-13-24(33)29(18)28)20-11-14-25-30-26(15-27(35(38)39)31(23)32(20)30)17-6-2-4-8-22(17)34(25)37/h1-15,21-22H. The lowest BCUT2D eigenvalue weighted by Gasteiger charge is -2.26. The van der Waals surface area contributed by atoms with Crippen molar-refractivity contribution >= 4 is 71.5 Å². The monoisotopic (exact) mass is 503 g/mol. The second-order valence-corrected chi connectivity index (χ2v) is 10.6. The molecule has 0 aliphatic heterocycles. The number of carbonyl (C=O) groups is 2. The van der Waals surface area contributed by atoms with Gasteiger partial charge in [0.05, 0.1) is 22.1 Å². The molecular formula is C34H17NO4. The molecule has 2 atom stereocenters. The largest absolute Gasteiger partial charge is 0.293 e. The van der Waals surface area contributed by atoms with Crippen LogP contribution in [0, 0.1) is 22.0 Å². The predicted octanol–water partition coefficient (Wildman–Crippen LogP) is 5.82. The minimum absolute atomic E-state index is 0.00526. The minimum Gasteiger partial charge on any atom is -0.293 e. The van der Waals surface area contributed by atoms with Crippen molar-refractivity contribution in [3.63, 3.8) is 0 Å². The molecule has 4 aliphatic rings. The van der Waals surface area contributed by atoms with E-state index in [2.05, 4.69) is 0 Å². The van der Waals surface area contributed by atoms with Crippen molar-refractivity contribution < 1.29 is 14.5 Å². The first kappa shape index (κ1) is 20.8. The lowest BCUT2D eigenvalue weighted by atomic mass is 9.75. The highest BCUT2D eigenvalue weighted by Gasteiger charge is 2.34. The number of ketones is 2. The molecule has 0 aromatic heterocycles. The van der Waals surface area contributed by atoms with Gasteiger partial charge in [0, 0.05) is 33.4 Å². The average molecular weight is 504 g/mol. The van der Waals surface area contributed by atoms with Crippen molar-refractivity contribution in [3.8, 4) is 0 Å². The van der Waals surface area contributed by atoms with Crippen molar-refractivity contribution in [2.45, 2.75) is 0 Å². The van der Waals surface area contributed by atoms with Crippen molar-refractivity contribution in [1.82, 2.24) is 0 Å². The van der Waals surface area contributed by atoms with Crippen molar-refractivity contribution in [2.24, 2.45) is 11.8 Å². The maximum atomic E-state index is 13.6. The second-order valence-electron chi connectivity index (χ2n) is 10.6. The number of nitrogens with zero attached hydrogens (tertiary/aromatic N) is 1. The fourth-order valence-electron chi connectivity index (χ4n) is 7.39. The number of non-ortho nitro benzene ring substituents is 1. The Morgan fingerprint density at radius 3 is 1.79 bits per heavy atom. The summed E-state index contributed by atoms with van der Waals surface area (Å²) in [5.41, 5.74) is 3.00. The van der Waals surface area contributed by atoms with E-state index in [0.29, 0.717) is 16.5 Å². The Morgan fingerprint density at radius 1 is 0.590 bits per heavy atom. The van der Waals surface area contributed by atoms with Gasteiger partial charge in [0.2, 0.25) is 0 Å². The molecular weight excluding hydrogens is 486 g/mol. The number of nitro benzene ring substituents is 1. The first-order valence-electron chi connectivity index (χ1n) is 13.0. The quantitative estimate of drug-likeness (QED) is 0.125. The topological polar surface area (TPSA) is 77.3 Å². The van der Waals surface area contributed by atoms with Crippen LogP contribution >= 0.6 is 0 Å². The molecule has 0 spiro atoms. The number of rotatable bonds is 1. The summed E-state index contributed by atoms with van der Waals surface area (Å²) in [6.45, 7) is 0. The van der Waals surface area contributed by atoms with Gasteiger partial charge in [-0.1, -0.05) is 85.0 Å². The summed E-state index contributed by atoms with van der Waals surface area (Å²) < 4.78 is 0. The van der Waals surface area contributed by atoms with Crippen LogP contribution in [-0.2, 0) is 0 Å². The van der Waals surface area contributed by atoms with Gasteiger partial charge < -0.3 is 0 Å². The normalized spacial score (nSPS) is 20.6. The van der Waals surface area contributed by atoms with Gasteiger partial charge in [-0.25, -0.2) is 0 Å². The number of benzene rings is 5. The van der Waals surface area contributed by atoms with Crippen LogP contribution in [0.5, 0.6) is 0 Å². The van der Waals surface area contributed by atoms with E-state index in [1.165, 1.54) is 0 Å². The van der Waals surface area contributed by atoms with Crippen LogP contribution in [0.1, 0.15) is 20.7 Å². The van der Waals surface area contributed by atoms with Gasteiger partial charge in [0.1, 0.15) is 0 Å². The van der Waals surface area contributed by atoms with Crippen molar-refractivity contribution in [2.75, 3.05) is 0 Å². The maximum Gasteiger partial charge on any atom is 0.278 e. The number of allylic oxidation sites excluding steroid dienone is 8. The fraction of sp³-hybridized carbons (Fsp3) is 0.0588. The predicted molar refractivity (Wildman–Crippen MR) is 153 cm³/mol. The Labute approximate surface area is 220 Å². The number of hydrogen-bond donors (Lipinski definition) is 0. The summed E-state index contributed by atoms with van der Waals surface area (Å²) in [6.07, 6.45) is 15.3. The highest BCUT2D eigenvalue weighted by atomic mass is 16.6. The number of fused-ring (bicyclic) bond motifs is 4. The summed E-state index contributed by atoms with van der Waals surface area (Å²) in [5, 5.41) is 20.6. The summed E-state index contributed by atoms with van der Waals surface area (Å²) in [6, 6.07) is 13.3. The lowest BCUT2D eigenvalue weighted by molar-refractivity contribution is -0.383. The van der Waals surface area contributed by atoms with Gasteiger partial charge in [-0.2, -0.15) is 0 Å². The smallest absolute Gasteiger partial charge is 0.278 e. The molecule has 5 aromatic carbocycles. The molecule has 0 fully saturated rings. The Morgan fingerprint density at radius 2 is 1.15 bits per heavy atom. The molecule has 5 heteroatoms. The van der Waals surface area contributed by atoms with Gasteiger partial charge >= 0.3 is 0 Å². The van der Waals surface area contributed by atoms with Crippen molar-refractivity contribution in [1.29, 1.82) is 0 Å². The van der Waals surface area contributed by atoms with Crippen LogP contribution in [0.25, 0.3) is 54.2 Å². The highest BCUT2D eigenvalue weighted by molar-refractivity contribution is 6.39. The van der Waals surface area contributed by atoms with E-state index in [1.54, 1.807) is 6.07 Å². The second kappa shape index (κ2) is 6.83. The van der Waals surface area contributed by atoms with Gasteiger partial charge in [0.25, 0.3) is 5.69 Å². The molecule has 0 N–H and O–H groups in total.